The molecule has 0 aliphatic heterocycles. The van der Waals surface area contributed by atoms with E-state index in [-0.39, 0.29) is 40.3 Å². The van der Waals surface area contributed by atoms with Crippen molar-refractivity contribution in [3.8, 4) is 0 Å². The van der Waals surface area contributed by atoms with E-state index < -0.39 is 5.82 Å². The monoisotopic (exact) mass is 488 g/mol. The van der Waals surface area contributed by atoms with E-state index in [1.807, 2.05) is 35.1 Å². The molecule has 0 fully saturated rings. The Morgan fingerprint density at radius 2 is 2.07 bits per heavy atom. The molecule has 7 nitrogen and oxygen atoms in total. The summed E-state index contributed by atoms with van der Waals surface area (Å²) in [6.45, 7) is 0. The highest BCUT2D eigenvalue weighted by molar-refractivity contribution is 9.10. The van der Waals surface area contributed by atoms with E-state index in [0.717, 1.165) is 15.6 Å². The number of benzene rings is 2. The molecule has 0 radical (unpaired) electrons. The molecule has 0 atom stereocenters. The predicted octanol–water partition coefficient (Wildman–Crippen LogP) is 4.60. The molecule has 0 amide bonds. The number of Topliss-reactive ketones (excluding diaryl/α,β-unsaturated/α-hetero) is 1. The molecule has 30 heavy (non-hydrogen) atoms. The SMILES string of the molecule is O=C(Cc1nonc1C(=Nc1ccc(F)c(Br)c1)NO)Cc1csc2ccccc12. The van der Waals surface area contributed by atoms with Gasteiger partial charge in [0.2, 0.25) is 0 Å². The van der Waals surface area contributed by atoms with Crippen molar-refractivity contribution in [2.45, 2.75) is 12.8 Å². The minimum absolute atomic E-state index is 0.0448. The average molecular weight is 489 g/mol. The minimum atomic E-state index is -0.442. The molecule has 2 aromatic carbocycles. The number of aliphatic imine (C=N–C) groups is 1. The van der Waals surface area contributed by atoms with Crippen LogP contribution in [0.1, 0.15) is 17.0 Å². The van der Waals surface area contributed by atoms with Crippen molar-refractivity contribution in [1.82, 2.24) is 15.8 Å². The van der Waals surface area contributed by atoms with Gasteiger partial charge >= 0.3 is 0 Å². The van der Waals surface area contributed by atoms with Gasteiger partial charge < -0.3 is 0 Å². The second-order valence-electron chi connectivity index (χ2n) is 6.38. The molecule has 152 valence electrons. The topological polar surface area (TPSA) is 101 Å². The van der Waals surface area contributed by atoms with Crippen molar-refractivity contribution >= 4 is 54.7 Å². The maximum absolute atomic E-state index is 13.4. The summed E-state index contributed by atoms with van der Waals surface area (Å²) in [5, 5.41) is 20.1. The predicted molar refractivity (Wildman–Crippen MR) is 114 cm³/mol. The van der Waals surface area contributed by atoms with Gasteiger partial charge in [-0.15, -0.1) is 11.3 Å². The number of thiophene rings is 1. The number of carbonyl (C=O) groups is 1. The van der Waals surface area contributed by atoms with E-state index in [4.69, 9.17) is 4.63 Å². The third-order valence-electron chi connectivity index (χ3n) is 4.34. The summed E-state index contributed by atoms with van der Waals surface area (Å²) in [5.41, 5.74) is 3.57. The third kappa shape index (κ3) is 4.30. The first kappa shape index (κ1) is 20.3. The highest BCUT2D eigenvalue weighted by Gasteiger charge is 2.20. The molecule has 0 unspecified atom stereocenters. The van der Waals surface area contributed by atoms with Crippen LogP contribution in [-0.4, -0.2) is 27.1 Å². The highest BCUT2D eigenvalue weighted by atomic mass is 79.9. The van der Waals surface area contributed by atoms with Crippen LogP contribution in [0.5, 0.6) is 0 Å². The molecule has 0 aliphatic rings. The largest absolute Gasteiger partial charge is 0.299 e. The maximum atomic E-state index is 13.4. The number of amidine groups is 1. The van der Waals surface area contributed by atoms with Crippen LogP contribution in [0.25, 0.3) is 10.1 Å². The van der Waals surface area contributed by atoms with Crippen LogP contribution in [0.2, 0.25) is 0 Å². The standard InChI is InChI=1S/C20H14BrFN4O3S/c21-15-8-12(5-6-16(15)22)23-20(24-28)19-17(25-29-26-19)9-13(27)7-11-10-30-18-4-2-1-3-14(11)18/h1-6,8,10,28H,7,9H2,(H,23,24). The van der Waals surface area contributed by atoms with Crippen LogP contribution in [0.4, 0.5) is 10.1 Å². The first-order chi connectivity index (χ1) is 14.5. The van der Waals surface area contributed by atoms with Gasteiger partial charge in [0.15, 0.2) is 11.5 Å². The number of hydroxylamine groups is 1. The quantitative estimate of drug-likeness (QED) is 0.233. The summed E-state index contributed by atoms with van der Waals surface area (Å²) in [7, 11) is 0. The maximum Gasteiger partial charge on any atom is 0.182 e. The number of ketones is 1. The first-order valence-corrected chi connectivity index (χ1v) is 10.4. The zero-order valence-electron chi connectivity index (χ0n) is 15.3. The molecule has 0 saturated carbocycles. The Labute approximate surface area is 182 Å². The lowest BCUT2D eigenvalue weighted by Gasteiger charge is -2.04. The van der Waals surface area contributed by atoms with Crippen molar-refractivity contribution in [2.75, 3.05) is 0 Å². The highest BCUT2D eigenvalue weighted by Crippen LogP contribution is 2.26. The lowest BCUT2D eigenvalue weighted by atomic mass is 10.0. The summed E-state index contributed by atoms with van der Waals surface area (Å²) < 4.78 is 19.5. The molecule has 0 spiro atoms. The molecule has 2 N–H and O–H groups in total. The lowest BCUT2D eigenvalue weighted by Crippen LogP contribution is -2.23. The summed E-state index contributed by atoms with van der Waals surface area (Å²) >= 11 is 4.67. The fourth-order valence-corrected chi connectivity index (χ4v) is 4.28. The van der Waals surface area contributed by atoms with E-state index in [2.05, 4.69) is 31.2 Å². The van der Waals surface area contributed by atoms with Crippen molar-refractivity contribution in [1.29, 1.82) is 0 Å². The van der Waals surface area contributed by atoms with E-state index in [9.17, 15) is 14.4 Å². The number of aromatic nitrogens is 2. The normalized spacial score (nSPS) is 11.8. The van der Waals surface area contributed by atoms with Gasteiger partial charge in [0.25, 0.3) is 0 Å². The van der Waals surface area contributed by atoms with Crippen LogP contribution in [0.3, 0.4) is 0 Å². The second-order valence-corrected chi connectivity index (χ2v) is 8.15. The summed E-state index contributed by atoms with van der Waals surface area (Å²) in [4.78, 5) is 16.8. The fraction of sp³-hybridized carbons (Fsp3) is 0.100. The first-order valence-electron chi connectivity index (χ1n) is 8.77. The van der Waals surface area contributed by atoms with Crippen molar-refractivity contribution < 1.29 is 19.0 Å². The van der Waals surface area contributed by atoms with Crippen LogP contribution in [0.15, 0.2) is 61.9 Å². The number of fused-ring (bicyclic) bond motifs is 1. The van der Waals surface area contributed by atoms with E-state index in [1.54, 1.807) is 11.3 Å². The molecular weight excluding hydrogens is 475 g/mol. The number of nitrogens with zero attached hydrogens (tertiary/aromatic N) is 3. The molecule has 0 bridgehead atoms. The van der Waals surface area contributed by atoms with Gasteiger partial charge in [-0.1, -0.05) is 23.4 Å². The molecule has 4 aromatic rings. The minimum Gasteiger partial charge on any atom is -0.299 e. The summed E-state index contributed by atoms with van der Waals surface area (Å²) in [6.07, 6.45) is 0.192. The molecule has 10 heteroatoms. The molecule has 2 aromatic heterocycles. The van der Waals surface area contributed by atoms with Gasteiger partial charge in [0.05, 0.1) is 16.6 Å². The van der Waals surface area contributed by atoms with Gasteiger partial charge in [-0.2, -0.15) is 0 Å². The van der Waals surface area contributed by atoms with Gasteiger partial charge in [-0.3, -0.25) is 15.5 Å². The molecule has 4 rings (SSSR count). The Kier molecular flexibility index (Phi) is 5.98. The Bertz CT molecular complexity index is 1250. The Morgan fingerprint density at radius 3 is 2.87 bits per heavy atom. The summed E-state index contributed by atoms with van der Waals surface area (Å²) in [6, 6.07) is 12.0. The Balaban J connectivity index is 1.55. The van der Waals surface area contributed by atoms with Crippen molar-refractivity contribution in [3.63, 3.8) is 0 Å². The number of halogens is 2. The van der Waals surface area contributed by atoms with Gasteiger partial charge in [-0.05, 0) is 61.7 Å². The van der Waals surface area contributed by atoms with Crippen LogP contribution in [0, 0.1) is 5.82 Å². The van der Waals surface area contributed by atoms with E-state index >= 15 is 0 Å². The third-order valence-corrected chi connectivity index (χ3v) is 5.96. The summed E-state index contributed by atoms with van der Waals surface area (Å²) in [5.74, 6) is -0.598. The van der Waals surface area contributed by atoms with Crippen LogP contribution < -0.4 is 5.48 Å². The number of hydrogen-bond acceptors (Lipinski definition) is 7. The van der Waals surface area contributed by atoms with Gasteiger partial charge in [0, 0.05) is 11.1 Å². The molecule has 0 saturated heterocycles. The van der Waals surface area contributed by atoms with Gasteiger partial charge in [0.1, 0.15) is 17.3 Å². The number of nitrogens with one attached hydrogen (secondary N) is 1. The number of hydrogen-bond donors (Lipinski definition) is 2. The van der Waals surface area contributed by atoms with E-state index in [0.29, 0.717) is 5.69 Å². The zero-order chi connectivity index (χ0) is 21.1. The molecule has 0 aliphatic carbocycles. The average Bonchev–Trinajstić information content (AvgIpc) is 3.36. The Morgan fingerprint density at radius 1 is 1.23 bits per heavy atom. The molecular formula is C20H14BrFN4O3S. The van der Waals surface area contributed by atoms with Crippen LogP contribution >= 0.6 is 27.3 Å². The van der Waals surface area contributed by atoms with E-state index in [1.165, 1.54) is 18.2 Å². The van der Waals surface area contributed by atoms with Crippen LogP contribution in [-0.2, 0) is 17.6 Å². The smallest absolute Gasteiger partial charge is 0.182 e. The fourth-order valence-electron chi connectivity index (χ4n) is 2.95. The number of carbonyl (C=O) groups excluding carboxylic acids is 1. The van der Waals surface area contributed by atoms with Crippen molar-refractivity contribution in [3.05, 3.63) is 75.1 Å². The zero-order valence-corrected chi connectivity index (χ0v) is 17.7. The number of rotatable bonds is 6. The second kappa shape index (κ2) is 8.82. The van der Waals surface area contributed by atoms with Crippen molar-refractivity contribution in [2.24, 2.45) is 4.99 Å². The van der Waals surface area contributed by atoms with Gasteiger partial charge in [-0.25, -0.2) is 14.0 Å². The molecule has 2 heterocycles. The lowest BCUT2D eigenvalue weighted by molar-refractivity contribution is -0.117. The Hall–Kier alpha value is -2.95.